The van der Waals surface area contributed by atoms with Gasteiger partial charge in [0.1, 0.15) is 11.9 Å². The predicted octanol–water partition coefficient (Wildman–Crippen LogP) is 2.61. The van der Waals surface area contributed by atoms with Crippen LogP contribution in [0, 0.1) is 5.82 Å². The van der Waals surface area contributed by atoms with Crippen molar-refractivity contribution in [3.05, 3.63) is 29.6 Å². The second-order valence-corrected chi connectivity index (χ2v) is 7.81. The number of benzene rings is 1. The Balaban J connectivity index is 1.67. The summed E-state index contributed by atoms with van der Waals surface area (Å²) < 4.78 is 19.9. The first-order valence-corrected chi connectivity index (χ1v) is 9.86. The third-order valence-electron chi connectivity index (χ3n) is 4.72. The number of amides is 2. The molecule has 2 N–H and O–H groups in total. The van der Waals surface area contributed by atoms with Crippen molar-refractivity contribution in [2.24, 2.45) is 0 Å². The Morgan fingerprint density at radius 1 is 1.50 bits per heavy atom. The Morgan fingerprint density at radius 3 is 3.00 bits per heavy atom. The summed E-state index contributed by atoms with van der Waals surface area (Å²) in [6.07, 6.45) is 0.726. The molecule has 6 nitrogen and oxygen atoms in total. The van der Waals surface area contributed by atoms with Crippen LogP contribution in [0.2, 0.25) is 0 Å². The van der Waals surface area contributed by atoms with Crippen molar-refractivity contribution in [2.45, 2.75) is 43.6 Å². The van der Waals surface area contributed by atoms with E-state index in [4.69, 9.17) is 4.74 Å². The molecule has 26 heavy (non-hydrogen) atoms. The molecule has 3 rings (SSSR count). The fourth-order valence-corrected chi connectivity index (χ4v) is 4.33. The van der Waals surface area contributed by atoms with Gasteiger partial charge in [0, 0.05) is 6.42 Å². The number of anilines is 1. The largest absolute Gasteiger partial charge is 0.442 e. The number of cyclic esters (lactones) is 1. The van der Waals surface area contributed by atoms with Gasteiger partial charge in [0.2, 0.25) is 5.91 Å². The van der Waals surface area contributed by atoms with Gasteiger partial charge >= 0.3 is 6.09 Å². The summed E-state index contributed by atoms with van der Waals surface area (Å²) in [4.78, 5) is 24.8. The highest BCUT2D eigenvalue weighted by atomic mass is 32.2. The van der Waals surface area contributed by atoms with E-state index in [0.717, 1.165) is 12.2 Å². The van der Waals surface area contributed by atoms with Gasteiger partial charge in [-0.25, -0.2) is 9.18 Å². The highest BCUT2D eigenvalue weighted by Gasteiger charge is 2.33. The standard InChI is InChI=1S/C18H23FN2O4S/c1-2-16(22)20-9-13-10-21(18(24)25-13)12-3-4-14(15(19)8-12)11-5-6-26-17(23)7-11/h3-4,8,11,13,17,23H,2,5-7,9-10H2,1H3,(H,20,22)/t11-,13?,17?/m0/s1. The van der Waals surface area contributed by atoms with Crippen LogP contribution in [0.1, 0.15) is 37.7 Å². The van der Waals surface area contributed by atoms with Crippen molar-refractivity contribution in [1.29, 1.82) is 0 Å². The molecular weight excluding hydrogens is 359 g/mol. The van der Waals surface area contributed by atoms with Gasteiger partial charge in [-0.15, -0.1) is 11.8 Å². The number of nitrogens with one attached hydrogen (secondary N) is 1. The highest BCUT2D eigenvalue weighted by molar-refractivity contribution is 7.99. The molecule has 0 saturated carbocycles. The Hall–Kier alpha value is -1.80. The monoisotopic (exact) mass is 382 g/mol. The summed E-state index contributed by atoms with van der Waals surface area (Å²) in [5.74, 6) is 0.309. The van der Waals surface area contributed by atoms with E-state index in [1.807, 2.05) is 0 Å². The van der Waals surface area contributed by atoms with Gasteiger partial charge in [0.05, 0.1) is 24.2 Å². The first-order chi connectivity index (χ1) is 12.5. The average Bonchev–Trinajstić information content (AvgIpc) is 3.00. The van der Waals surface area contributed by atoms with Gasteiger partial charge in [-0.2, -0.15) is 0 Å². The number of rotatable bonds is 5. The molecule has 0 spiro atoms. The number of nitrogens with zero attached hydrogens (tertiary/aromatic N) is 1. The molecule has 2 amide bonds. The number of carbonyl (C=O) groups is 2. The summed E-state index contributed by atoms with van der Waals surface area (Å²) in [6.45, 7) is 2.25. The second kappa shape index (κ2) is 8.26. The van der Waals surface area contributed by atoms with Crippen LogP contribution in [-0.2, 0) is 9.53 Å². The van der Waals surface area contributed by atoms with Crippen LogP contribution in [0.25, 0.3) is 0 Å². The lowest BCUT2D eigenvalue weighted by atomic mass is 9.92. The van der Waals surface area contributed by atoms with Crippen LogP contribution in [-0.4, -0.2) is 47.5 Å². The predicted molar refractivity (Wildman–Crippen MR) is 97.8 cm³/mol. The number of hydrogen-bond acceptors (Lipinski definition) is 5. The number of aliphatic hydroxyl groups excluding tert-OH is 1. The number of halogens is 1. The van der Waals surface area contributed by atoms with E-state index in [0.29, 0.717) is 24.1 Å². The van der Waals surface area contributed by atoms with Crippen LogP contribution >= 0.6 is 11.8 Å². The molecule has 0 aliphatic carbocycles. The summed E-state index contributed by atoms with van der Waals surface area (Å²) >= 11 is 1.49. The zero-order chi connectivity index (χ0) is 18.7. The lowest BCUT2D eigenvalue weighted by molar-refractivity contribution is -0.121. The molecule has 1 aromatic carbocycles. The molecule has 142 valence electrons. The lowest BCUT2D eigenvalue weighted by Gasteiger charge is -2.26. The SMILES string of the molecule is CCC(=O)NCC1CN(c2ccc([C@H]3CCSC(O)C3)c(F)c2)C(=O)O1. The van der Waals surface area contributed by atoms with Gasteiger partial charge in [0.15, 0.2) is 0 Å². The smallest absolute Gasteiger partial charge is 0.414 e. The van der Waals surface area contributed by atoms with E-state index in [2.05, 4.69) is 5.32 Å². The van der Waals surface area contributed by atoms with E-state index in [1.54, 1.807) is 19.1 Å². The van der Waals surface area contributed by atoms with Crippen molar-refractivity contribution in [1.82, 2.24) is 5.32 Å². The van der Waals surface area contributed by atoms with Crippen LogP contribution in [0.4, 0.5) is 14.9 Å². The fraction of sp³-hybridized carbons (Fsp3) is 0.556. The quantitative estimate of drug-likeness (QED) is 0.818. The van der Waals surface area contributed by atoms with Crippen LogP contribution < -0.4 is 10.2 Å². The highest BCUT2D eigenvalue weighted by Crippen LogP contribution is 2.37. The molecule has 2 fully saturated rings. The van der Waals surface area contributed by atoms with Crippen molar-refractivity contribution in [2.75, 3.05) is 23.7 Å². The van der Waals surface area contributed by atoms with E-state index in [-0.39, 0.29) is 30.7 Å². The van der Waals surface area contributed by atoms with Gasteiger partial charge in [0.25, 0.3) is 0 Å². The van der Waals surface area contributed by atoms with E-state index in [9.17, 15) is 19.1 Å². The van der Waals surface area contributed by atoms with E-state index >= 15 is 0 Å². The Labute approximate surface area is 156 Å². The molecule has 2 unspecified atom stereocenters. The Morgan fingerprint density at radius 2 is 2.31 bits per heavy atom. The number of hydrogen-bond donors (Lipinski definition) is 2. The topological polar surface area (TPSA) is 78.9 Å². The third kappa shape index (κ3) is 4.29. The number of carbonyl (C=O) groups excluding carboxylic acids is 2. The van der Waals surface area contributed by atoms with Crippen molar-refractivity contribution >= 4 is 29.4 Å². The number of ether oxygens (including phenoxy) is 1. The minimum atomic E-state index is -0.544. The van der Waals surface area contributed by atoms with Crippen molar-refractivity contribution < 1.29 is 23.8 Å². The van der Waals surface area contributed by atoms with E-state index < -0.39 is 17.6 Å². The second-order valence-electron chi connectivity index (χ2n) is 6.53. The maximum atomic E-state index is 14.6. The molecule has 8 heteroatoms. The number of thioether (sulfide) groups is 1. The molecular formula is C18H23FN2O4S. The van der Waals surface area contributed by atoms with Crippen LogP contribution in [0.15, 0.2) is 18.2 Å². The maximum absolute atomic E-state index is 14.6. The molecule has 2 heterocycles. The Kier molecular flexibility index (Phi) is 6.03. The molecule has 1 aromatic rings. The lowest BCUT2D eigenvalue weighted by Crippen LogP contribution is -2.34. The molecule has 2 aliphatic heterocycles. The third-order valence-corrected chi connectivity index (χ3v) is 5.77. The van der Waals surface area contributed by atoms with Gasteiger partial charge in [-0.1, -0.05) is 13.0 Å². The normalized spacial score (nSPS) is 25.9. The van der Waals surface area contributed by atoms with E-state index in [1.165, 1.54) is 22.7 Å². The minimum Gasteiger partial charge on any atom is -0.442 e. The molecule has 2 aliphatic rings. The van der Waals surface area contributed by atoms with Gasteiger partial charge in [-0.3, -0.25) is 9.69 Å². The summed E-state index contributed by atoms with van der Waals surface area (Å²) in [5.41, 5.74) is 0.555. The van der Waals surface area contributed by atoms with Crippen LogP contribution in [0.5, 0.6) is 0 Å². The molecule has 2 saturated heterocycles. The Bertz CT molecular complexity index is 687. The summed E-state index contributed by atoms with van der Waals surface area (Å²) in [7, 11) is 0. The maximum Gasteiger partial charge on any atom is 0.414 e. The zero-order valence-electron chi connectivity index (χ0n) is 14.6. The first kappa shape index (κ1) is 19.0. The van der Waals surface area contributed by atoms with Gasteiger partial charge < -0.3 is 15.2 Å². The summed E-state index contributed by atoms with van der Waals surface area (Å²) in [5, 5.41) is 12.5. The zero-order valence-corrected chi connectivity index (χ0v) is 15.4. The van der Waals surface area contributed by atoms with Crippen LogP contribution in [0.3, 0.4) is 0 Å². The molecule has 3 atom stereocenters. The minimum absolute atomic E-state index is 0.0113. The molecule has 0 radical (unpaired) electrons. The molecule has 0 bridgehead atoms. The van der Waals surface area contributed by atoms with Crippen molar-refractivity contribution in [3.63, 3.8) is 0 Å². The van der Waals surface area contributed by atoms with Gasteiger partial charge in [-0.05, 0) is 42.2 Å². The number of aliphatic hydroxyl groups is 1. The first-order valence-electron chi connectivity index (χ1n) is 8.82. The fourth-order valence-electron chi connectivity index (χ4n) is 3.26. The van der Waals surface area contributed by atoms with Crippen molar-refractivity contribution in [3.8, 4) is 0 Å². The summed E-state index contributed by atoms with van der Waals surface area (Å²) in [6, 6.07) is 4.75. The average molecular weight is 382 g/mol. The molecule has 0 aromatic heterocycles.